The van der Waals surface area contributed by atoms with Gasteiger partial charge in [0.05, 0.1) is 4.92 Å². The fourth-order valence-corrected chi connectivity index (χ4v) is 2.48. The Morgan fingerprint density at radius 2 is 2.15 bits per heavy atom. The quantitative estimate of drug-likeness (QED) is 0.618. The van der Waals surface area contributed by atoms with Crippen molar-refractivity contribution in [2.45, 2.75) is 26.2 Å². The molecule has 2 rings (SSSR count). The van der Waals surface area contributed by atoms with Crippen LogP contribution in [-0.2, 0) is 0 Å². The lowest BCUT2D eigenvalue weighted by Crippen LogP contribution is -2.32. The van der Waals surface area contributed by atoms with Crippen LogP contribution in [0, 0.1) is 21.8 Å². The first-order chi connectivity index (χ1) is 9.49. The molecule has 1 amide bonds. The zero-order chi connectivity index (χ0) is 14.7. The summed E-state index contributed by atoms with van der Waals surface area (Å²) in [4.78, 5) is 24.3. The second-order valence-electron chi connectivity index (χ2n) is 5.25. The van der Waals surface area contributed by atoms with Crippen LogP contribution in [0.5, 0.6) is 0 Å². The van der Waals surface area contributed by atoms with Crippen molar-refractivity contribution < 1.29 is 14.1 Å². The number of nitrogens with zero attached hydrogens (tertiary/aromatic N) is 2. The fraction of sp³-hybridized carbons (Fsp3) is 0.500. The molecule has 0 saturated carbocycles. The molecular weight excluding hydrogens is 263 g/mol. The van der Waals surface area contributed by atoms with Crippen molar-refractivity contribution in [3.8, 4) is 0 Å². The van der Waals surface area contributed by atoms with Crippen molar-refractivity contribution in [3.63, 3.8) is 0 Å². The van der Waals surface area contributed by atoms with Crippen LogP contribution in [0.4, 0.5) is 10.1 Å². The molecule has 1 heterocycles. The standard InChI is InChI=1S/C14H17FN2O3/c1-10-3-2-7-16(8-6-10)14(18)12-9-11(15)4-5-13(12)17(19)20/h4-5,9-10H,2-3,6-8H2,1H3. The van der Waals surface area contributed by atoms with Crippen LogP contribution in [-0.4, -0.2) is 28.8 Å². The van der Waals surface area contributed by atoms with E-state index in [1.54, 1.807) is 4.90 Å². The Hall–Kier alpha value is -1.98. The molecule has 1 unspecified atom stereocenters. The number of benzene rings is 1. The number of hydrogen-bond acceptors (Lipinski definition) is 3. The normalized spacial score (nSPS) is 19.5. The van der Waals surface area contributed by atoms with Gasteiger partial charge in [-0.3, -0.25) is 14.9 Å². The number of hydrogen-bond donors (Lipinski definition) is 0. The molecule has 108 valence electrons. The molecule has 1 aliphatic heterocycles. The Balaban J connectivity index is 2.28. The molecule has 0 aromatic heterocycles. The van der Waals surface area contributed by atoms with Crippen LogP contribution in [0.25, 0.3) is 0 Å². The van der Waals surface area contributed by atoms with Crippen molar-refractivity contribution in [2.24, 2.45) is 5.92 Å². The molecular formula is C14H17FN2O3. The summed E-state index contributed by atoms with van der Waals surface area (Å²) < 4.78 is 13.3. The van der Waals surface area contributed by atoms with E-state index in [0.717, 1.165) is 37.5 Å². The Bertz CT molecular complexity index is 533. The average molecular weight is 280 g/mol. The van der Waals surface area contributed by atoms with Gasteiger partial charge in [0.15, 0.2) is 0 Å². The van der Waals surface area contributed by atoms with Crippen molar-refractivity contribution in [1.29, 1.82) is 0 Å². The minimum atomic E-state index is -0.646. The second-order valence-corrected chi connectivity index (χ2v) is 5.25. The number of nitro benzene ring substituents is 1. The van der Waals surface area contributed by atoms with E-state index >= 15 is 0 Å². The zero-order valence-corrected chi connectivity index (χ0v) is 11.3. The molecule has 0 bridgehead atoms. The summed E-state index contributed by atoms with van der Waals surface area (Å²) in [5.74, 6) is -0.553. The van der Waals surface area contributed by atoms with Crippen LogP contribution in [0.3, 0.4) is 0 Å². The summed E-state index contributed by atoms with van der Waals surface area (Å²) in [6.07, 6.45) is 2.78. The molecule has 6 heteroatoms. The van der Waals surface area contributed by atoms with Gasteiger partial charge < -0.3 is 4.90 Å². The predicted octanol–water partition coefficient (Wildman–Crippen LogP) is 3.00. The summed E-state index contributed by atoms with van der Waals surface area (Å²) >= 11 is 0. The summed E-state index contributed by atoms with van der Waals surface area (Å²) in [7, 11) is 0. The van der Waals surface area contributed by atoms with E-state index in [9.17, 15) is 19.3 Å². The van der Waals surface area contributed by atoms with Crippen LogP contribution in [0.2, 0.25) is 0 Å². The van der Waals surface area contributed by atoms with Gasteiger partial charge in [0.25, 0.3) is 11.6 Å². The number of amides is 1. The first-order valence-corrected chi connectivity index (χ1v) is 6.72. The molecule has 0 spiro atoms. The molecule has 1 saturated heterocycles. The summed E-state index contributed by atoms with van der Waals surface area (Å²) in [6.45, 7) is 3.25. The maximum Gasteiger partial charge on any atom is 0.282 e. The number of carbonyl (C=O) groups is 1. The van der Waals surface area contributed by atoms with E-state index < -0.39 is 16.6 Å². The van der Waals surface area contributed by atoms with Gasteiger partial charge in [0.2, 0.25) is 0 Å². The van der Waals surface area contributed by atoms with E-state index in [0.29, 0.717) is 19.0 Å². The fourth-order valence-electron chi connectivity index (χ4n) is 2.48. The Labute approximate surface area is 116 Å². The smallest absolute Gasteiger partial charge is 0.282 e. The van der Waals surface area contributed by atoms with Crippen molar-refractivity contribution in [3.05, 3.63) is 39.7 Å². The molecule has 0 N–H and O–H groups in total. The number of carbonyl (C=O) groups excluding carboxylic acids is 1. The highest BCUT2D eigenvalue weighted by Gasteiger charge is 2.26. The largest absolute Gasteiger partial charge is 0.338 e. The lowest BCUT2D eigenvalue weighted by molar-refractivity contribution is -0.385. The molecule has 1 aromatic rings. The SMILES string of the molecule is CC1CCCN(C(=O)c2cc(F)ccc2[N+](=O)[O-])CC1. The Morgan fingerprint density at radius 1 is 1.40 bits per heavy atom. The van der Waals surface area contributed by atoms with Gasteiger partial charge >= 0.3 is 0 Å². The third kappa shape index (κ3) is 3.12. The lowest BCUT2D eigenvalue weighted by atomic mass is 10.0. The van der Waals surface area contributed by atoms with Gasteiger partial charge in [-0.2, -0.15) is 0 Å². The molecule has 0 radical (unpaired) electrons. The van der Waals surface area contributed by atoms with E-state index in [-0.39, 0.29) is 11.3 Å². The predicted molar refractivity (Wildman–Crippen MR) is 72.0 cm³/mol. The van der Waals surface area contributed by atoms with Crippen LogP contribution in [0.15, 0.2) is 18.2 Å². The third-order valence-electron chi connectivity index (χ3n) is 3.69. The lowest BCUT2D eigenvalue weighted by Gasteiger charge is -2.20. The van der Waals surface area contributed by atoms with Gasteiger partial charge in [-0.1, -0.05) is 6.92 Å². The van der Waals surface area contributed by atoms with E-state index in [1.807, 2.05) is 0 Å². The molecule has 0 aliphatic carbocycles. The van der Waals surface area contributed by atoms with Gasteiger partial charge in [-0.05, 0) is 37.3 Å². The summed E-state index contributed by atoms with van der Waals surface area (Å²) in [5.41, 5.74) is -0.502. The minimum Gasteiger partial charge on any atom is -0.338 e. The van der Waals surface area contributed by atoms with E-state index in [2.05, 4.69) is 6.92 Å². The first-order valence-electron chi connectivity index (χ1n) is 6.72. The first kappa shape index (κ1) is 14.4. The van der Waals surface area contributed by atoms with Crippen molar-refractivity contribution in [2.75, 3.05) is 13.1 Å². The number of halogens is 1. The monoisotopic (exact) mass is 280 g/mol. The highest BCUT2D eigenvalue weighted by molar-refractivity contribution is 5.98. The van der Waals surface area contributed by atoms with Crippen LogP contribution >= 0.6 is 0 Å². The van der Waals surface area contributed by atoms with Gasteiger partial charge in [-0.25, -0.2) is 4.39 Å². The van der Waals surface area contributed by atoms with Gasteiger partial charge in [0.1, 0.15) is 11.4 Å². The Morgan fingerprint density at radius 3 is 2.85 bits per heavy atom. The molecule has 20 heavy (non-hydrogen) atoms. The van der Waals surface area contributed by atoms with Crippen molar-refractivity contribution in [1.82, 2.24) is 4.90 Å². The summed E-state index contributed by atoms with van der Waals surface area (Å²) in [6, 6.07) is 3.00. The number of nitro groups is 1. The number of rotatable bonds is 2. The highest BCUT2D eigenvalue weighted by Crippen LogP contribution is 2.24. The minimum absolute atomic E-state index is 0.162. The van der Waals surface area contributed by atoms with Crippen LogP contribution < -0.4 is 0 Å². The molecule has 1 atom stereocenters. The topological polar surface area (TPSA) is 63.5 Å². The van der Waals surface area contributed by atoms with Crippen LogP contribution in [0.1, 0.15) is 36.5 Å². The molecule has 1 aromatic carbocycles. The van der Waals surface area contributed by atoms with E-state index in [1.165, 1.54) is 0 Å². The second kappa shape index (κ2) is 5.98. The average Bonchev–Trinajstić information content (AvgIpc) is 2.62. The Kier molecular flexibility index (Phi) is 4.32. The van der Waals surface area contributed by atoms with E-state index in [4.69, 9.17) is 0 Å². The molecule has 5 nitrogen and oxygen atoms in total. The van der Waals surface area contributed by atoms with Gasteiger partial charge in [-0.15, -0.1) is 0 Å². The number of likely N-dealkylation sites (tertiary alicyclic amines) is 1. The van der Waals surface area contributed by atoms with Gasteiger partial charge in [0, 0.05) is 19.2 Å². The van der Waals surface area contributed by atoms with Crippen molar-refractivity contribution >= 4 is 11.6 Å². The maximum atomic E-state index is 13.3. The maximum absolute atomic E-state index is 13.3. The zero-order valence-electron chi connectivity index (χ0n) is 11.3. The third-order valence-corrected chi connectivity index (χ3v) is 3.69. The highest BCUT2D eigenvalue weighted by atomic mass is 19.1. The molecule has 1 aliphatic rings. The summed E-state index contributed by atoms with van der Waals surface area (Å²) in [5, 5.41) is 11.0. The molecule has 1 fully saturated rings.